The SMILES string of the molecule is COc1ccc(Br)cc1/C=N\NC(=O)CN(c1cccc(Br)c1)S(=O)(=O)c1ccc(C)cc1. The molecule has 0 aliphatic carbocycles. The fourth-order valence-corrected chi connectivity index (χ4v) is 5.11. The van der Waals surface area contributed by atoms with Crippen molar-refractivity contribution in [3.05, 3.63) is 86.8 Å². The van der Waals surface area contributed by atoms with Gasteiger partial charge in [0.15, 0.2) is 0 Å². The number of nitrogens with one attached hydrogen (secondary N) is 1. The van der Waals surface area contributed by atoms with Crippen molar-refractivity contribution >= 4 is 59.7 Å². The van der Waals surface area contributed by atoms with E-state index in [4.69, 9.17) is 4.74 Å². The summed E-state index contributed by atoms with van der Waals surface area (Å²) in [6.45, 7) is 1.41. The van der Waals surface area contributed by atoms with Gasteiger partial charge in [-0.25, -0.2) is 13.8 Å². The number of halogens is 2. The molecule has 0 aliphatic rings. The van der Waals surface area contributed by atoms with Crippen molar-refractivity contribution < 1.29 is 17.9 Å². The molecule has 3 rings (SSSR count). The van der Waals surface area contributed by atoms with E-state index >= 15 is 0 Å². The lowest BCUT2D eigenvalue weighted by Crippen LogP contribution is -2.39. The van der Waals surface area contributed by atoms with E-state index in [0.29, 0.717) is 21.5 Å². The molecule has 0 radical (unpaired) electrons. The van der Waals surface area contributed by atoms with Crippen molar-refractivity contribution in [3.8, 4) is 5.75 Å². The van der Waals surface area contributed by atoms with Gasteiger partial charge in [0.1, 0.15) is 12.3 Å². The van der Waals surface area contributed by atoms with Gasteiger partial charge in [0.25, 0.3) is 15.9 Å². The van der Waals surface area contributed by atoms with Crippen molar-refractivity contribution in [1.82, 2.24) is 5.43 Å². The van der Waals surface area contributed by atoms with E-state index in [1.54, 1.807) is 48.5 Å². The summed E-state index contributed by atoms with van der Waals surface area (Å²) in [5.41, 5.74) is 4.31. The lowest BCUT2D eigenvalue weighted by molar-refractivity contribution is -0.119. The van der Waals surface area contributed by atoms with Gasteiger partial charge in [-0.15, -0.1) is 0 Å². The molecule has 3 aromatic rings. The van der Waals surface area contributed by atoms with Crippen LogP contribution >= 0.6 is 31.9 Å². The highest BCUT2D eigenvalue weighted by Crippen LogP contribution is 2.26. The van der Waals surface area contributed by atoms with Crippen LogP contribution in [0.2, 0.25) is 0 Å². The number of methoxy groups -OCH3 is 1. The van der Waals surface area contributed by atoms with Crippen molar-refractivity contribution in [3.63, 3.8) is 0 Å². The number of anilines is 1. The molecule has 0 unspecified atom stereocenters. The molecule has 0 bridgehead atoms. The molecular formula is C23H21Br2N3O4S. The molecule has 0 saturated carbocycles. The molecule has 0 saturated heterocycles. The van der Waals surface area contributed by atoms with Crippen LogP contribution in [0.1, 0.15) is 11.1 Å². The lowest BCUT2D eigenvalue weighted by Gasteiger charge is -2.24. The minimum Gasteiger partial charge on any atom is -0.496 e. The molecule has 0 spiro atoms. The van der Waals surface area contributed by atoms with E-state index in [2.05, 4.69) is 42.4 Å². The molecular weight excluding hydrogens is 574 g/mol. The first-order valence-electron chi connectivity index (χ1n) is 9.71. The number of hydrogen-bond acceptors (Lipinski definition) is 5. The Labute approximate surface area is 209 Å². The van der Waals surface area contributed by atoms with Crippen molar-refractivity contribution in [1.29, 1.82) is 0 Å². The van der Waals surface area contributed by atoms with Crippen molar-refractivity contribution in [2.24, 2.45) is 5.10 Å². The Morgan fingerprint density at radius 2 is 1.76 bits per heavy atom. The van der Waals surface area contributed by atoms with Crippen LogP contribution in [-0.4, -0.2) is 34.2 Å². The largest absolute Gasteiger partial charge is 0.496 e. The number of ether oxygens (including phenoxy) is 1. The Hall–Kier alpha value is -2.69. The first kappa shape index (κ1) is 24.9. The molecule has 1 amide bonds. The molecule has 3 aromatic carbocycles. The third-order valence-corrected chi connectivity index (χ3v) is 7.35. The van der Waals surface area contributed by atoms with E-state index in [-0.39, 0.29) is 4.90 Å². The summed E-state index contributed by atoms with van der Waals surface area (Å²) in [6.07, 6.45) is 1.43. The van der Waals surface area contributed by atoms with E-state index in [9.17, 15) is 13.2 Å². The summed E-state index contributed by atoms with van der Waals surface area (Å²) >= 11 is 6.73. The molecule has 0 aromatic heterocycles. The van der Waals surface area contributed by atoms with Crippen LogP contribution in [0.25, 0.3) is 0 Å². The number of carbonyl (C=O) groups is 1. The third-order valence-electron chi connectivity index (χ3n) is 4.58. The number of hydrogen-bond donors (Lipinski definition) is 1. The zero-order chi connectivity index (χ0) is 24.0. The maximum Gasteiger partial charge on any atom is 0.264 e. The molecule has 33 heavy (non-hydrogen) atoms. The highest BCUT2D eigenvalue weighted by atomic mass is 79.9. The van der Waals surface area contributed by atoms with E-state index in [1.165, 1.54) is 25.5 Å². The maximum atomic E-state index is 13.4. The van der Waals surface area contributed by atoms with Crippen LogP contribution < -0.4 is 14.5 Å². The molecule has 7 nitrogen and oxygen atoms in total. The summed E-state index contributed by atoms with van der Waals surface area (Å²) < 4.78 is 34.6. The van der Waals surface area contributed by atoms with Crippen LogP contribution in [0.3, 0.4) is 0 Å². The van der Waals surface area contributed by atoms with Crippen molar-refractivity contribution in [2.45, 2.75) is 11.8 Å². The number of hydrazone groups is 1. The first-order valence-corrected chi connectivity index (χ1v) is 12.7. The molecule has 172 valence electrons. The molecule has 0 aliphatic heterocycles. The summed E-state index contributed by atoms with van der Waals surface area (Å²) in [7, 11) is -2.47. The van der Waals surface area contributed by atoms with Gasteiger partial charge in [-0.1, -0.05) is 55.6 Å². The Morgan fingerprint density at radius 3 is 2.42 bits per heavy atom. The van der Waals surface area contributed by atoms with Crippen molar-refractivity contribution in [2.75, 3.05) is 18.0 Å². The number of rotatable bonds is 8. The van der Waals surface area contributed by atoms with Gasteiger partial charge in [0.2, 0.25) is 0 Å². The minimum absolute atomic E-state index is 0.0863. The monoisotopic (exact) mass is 593 g/mol. The quantitative estimate of drug-likeness (QED) is 0.298. The van der Waals surface area contributed by atoms with Crippen LogP contribution in [0.4, 0.5) is 5.69 Å². The van der Waals surface area contributed by atoms with E-state index in [0.717, 1.165) is 14.3 Å². The van der Waals surface area contributed by atoms with Gasteiger partial charge >= 0.3 is 0 Å². The van der Waals surface area contributed by atoms with Gasteiger partial charge in [0.05, 0.1) is 23.9 Å². The second-order valence-electron chi connectivity index (χ2n) is 6.98. The van der Waals surface area contributed by atoms with Gasteiger partial charge in [-0.3, -0.25) is 9.10 Å². The molecule has 10 heteroatoms. The predicted octanol–water partition coefficient (Wildman–Crippen LogP) is 4.87. The normalized spacial score (nSPS) is 11.4. The number of benzene rings is 3. The Morgan fingerprint density at radius 1 is 1.06 bits per heavy atom. The Kier molecular flexibility index (Phi) is 8.28. The van der Waals surface area contributed by atoms with Crippen LogP contribution in [0.5, 0.6) is 5.75 Å². The Balaban J connectivity index is 1.85. The summed E-state index contributed by atoms with van der Waals surface area (Å²) in [6, 6.07) is 18.6. The van der Waals surface area contributed by atoms with E-state index < -0.39 is 22.5 Å². The zero-order valence-electron chi connectivity index (χ0n) is 17.8. The number of sulfonamides is 1. The van der Waals surface area contributed by atoms with E-state index in [1.807, 2.05) is 13.0 Å². The summed E-state index contributed by atoms with van der Waals surface area (Å²) in [5.74, 6) is -0.0233. The average molecular weight is 595 g/mol. The topological polar surface area (TPSA) is 88.1 Å². The number of aryl methyl sites for hydroxylation is 1. The molecule has 1 N–H and O–H groups in total. The minimum atomic E-state index is -4.00. The average Bonchev–Trinajstić information content (AvgIpc) is 2.78. The molecule has 0 fully saturated rings. The second-order valence-corrected chi connectivity index (χ2v) is 10.7. The lowest BCUT2D eigenvalue weighted by atomic mass is 10.2. The van der Waals surface area contributed by atoms with Gasteiger partial charge in [-0.2, -0.15) is 5.10 Å². The second kappa shape index (κ2) is 11.0. The fraction of sp³-hybridized carbons (Fsp3) is 0.130. The number of nitrogens with zero attached hydrogens (tertiary/aromatic N) is 2. The Bertz CT molecular complexity index is 1280. The van der Waals surface area contributed by atoms with Crippen LogP contribution in [-0.2, 0) is 14.8 Å². The van der Waals surface area contributed by atoms with Gasteiger partial charge < -0.3 is 4.74 Å². The highest BCUT2D eigenvalue weighted by Gasteiger charge is 2.27. The number of carbonyl (C=O) groups excluding carboxylic acids is 1. The highest BCUT2D eigenvalue weighted by molar-refractivity contribution is 9.10. The number of amides is 1. The zero-order valence-corrected chi connectivity index (χ0v) is 21.8. The fourth-order valence-electron chi connectivity index (χ4n) is 2.93. The molecule has 0 atom stereocenters. The third kappa shape index (κ3) is 6.43. The first-order chi connectivity index (χ1) is 15.7. The van der Waals surface area contributed by atoms with Gasteiger partial charge in [0, 0.05) is 14.5 Å². The standard InChI is InChI=1S/C23H21Br2N3O4S/c1-16-6-9-21(10-7-16)33(30,31)28(20-5-3-4-18(24)13-20)15-23(29)27-26-14-17-12-19(25)8-11-22(17)32-2/h3-14H,15H2,1-2H3,(H,27,29)/b26-14-. The maximum absolute atomic E-state index is 13.4. The summed E-state index contributed by atoms with van der Waals surface area (Å²) in [5, 5.41) is 3.97. The van der Waals surface area contributed by atoms with Gasteiger partial charge in [-0.05, 0) is 55.5 Å². The van der Waals surface area contributed by atoms with Crippen LogP contribution in [0.15, 0.2) is 85.7 Å². The molecule has 0 heterocycles. The smallest absolute Gasteiger partial charge is 0.264 e. The van der Waals surface area contributed by atoms with Crippen LogP contribution in [0, 0.1) is 6.92 Å². The predicted molar refractivity (Wildman–Crippen MR) is 136 cm³/mol. The summed E-state index contributed by atoms with van der Waals surface area (Å²) in [4.78, 5) is 12.8.